The molecular weight excluding hydrogens is 512 g/mol. The van der Waals surface area contributed by atoms with Crippen LogP contribution >= 0.6 is 0 Å². The van der Waals surface area contributed by atoms with Crippen molar-refractivity contribution in [1.82, 2.24) is 9.80 Å². The minimum atomic E-state index is -4.31. The minimum Gasteiger partial charge on any atom is -0.444 e. The van der Waals surface area contributed by atoms with Crippen molar-refractivity contribution in [2.45, 2.75) is 102 Å². The number of benzene rings is 1. The van der Waals surface area contributed by atoms with E-state index in [1.54, 1.807) is 53.7 Å². The van der Waals surface area contributed by atoms with E-state index in [9.17, 15) is 23.1 Å². The lowest BCUT2D eigenvalue weighted by molar-refractivity contribution is 0.0171. The summed E-state index contributed by atoms with van der Waals surface area (Å²) >= 11 is 0. The Bertz CT molecular complexity index is 1190. The number of ether oxygens (including phenoxy) is 2. The lowest BCUT2D eigenvalue weighted by atomic mass is 10.2. The number of rotatable bonds is 5. The van der Waals surface area contributed by atoms with E-state index in [1.165, 1.54) is 21.9 Å². The van der Waals surface area contributed by atoms with Crippen LogP contribution in [0.1, 0.15) is 78.3 Å². The van der Waals surface area contributed by atoms with E-state index < -0.39 is 58.7 Å². The Labute approximate surface area is 233 Å². The van der Waals surface area contributed by atoms with Gasteiger partial charge < -0.3 is 24.4 Å². The van der Waals surface area contributed by atoms with Crippen LogP contribution in [0.2, 0.25) is 0 Å². The third-order valence-corrected chi connectivity index (χ3v) is 6.68. The Morgan fingerprint density at radius 2 is 1.37 bits per heavy atom. The van der Waals surface area contributed by atoms with Crippen LogP contribution < -0.4 is 0 Å². The molecule has 0 spiro atoms. The number of aryl methyl sites for hydroxylation is 1. The van der Waals surface area contributed by atoms with Crippen LogP contribution in [0, 0.1) is 6.92 Å². The molecule has 0 aromatic heterocycles. The number of nitrogens with zero attached hydrogens (tertiary/aromatic N) is 2. The van der Waals surface area contributed by atoms with E-state index in [1.807, 2.05) is 6.92 Å². The van der Waals surface area contributed by atoms with Crippen molar-refractivity contribution in [2.75, 3.05) is 26.2 Å². The zero-order valence-electron chi connectivity index (χ0n) is 27.3. The first kappa shape index (κ1) is 25.9. The fourth-order valence-electron chi connectivity index (χ4n) is 3.74. The first-order valence-electron chi connectivity index (χ1n) is 14.7. The highest BCUT2D eigenvalue weighted by atomic mass is 32.2. The Morgan fingerprint density at radius 1 is 0.921 bits per heavy atom. The maximum atomic E-state index is 12.4. The van der Waals surface area contributed by atoms with E-state index in [2.05, 4.69) is 0 Å². The van der Waals surface area contributed by atoms with Gasteiger partial charge in [0, 0.05) is 13.1 Å². The van der Waals surface area contributed by atoms with Gasteiger partial charge in [-0.1, -0.05) is 17.7 Å². The summed E-state index contributed by atoms with van der Waals surface area (Å²) in [6, 6.07) is 4.09. The maximum Gasteiger partial charge on any atom is 0.410 e. The molecule has 2 amide bonds. The molecule has 2 heterocycles. The summed E-state index contributed by atoms with van der Waals surface area (Å²) in [4.78, 5) is 26.4. The molecule has 1 aromatic rings. The molecule has 3 rings (SSSR count). The van der Waals surface area contributed by atoms with Gasteiger partial charge in [-0.3, -0.25) is 4.18 Å². The van der Waals surface area contributed by atoms with Gasteiger partial charge >= 0.3 is 12.2 Å². The topological polar surface area (TPSA) is 123 Å². The largest absolute Gasteiger partial charge is 0.444 e. The van der Waals surface area contributed by atoms with Gasteiger partial charge in [0.2, 0.25) is 0 Å². The lowest BCUT2D eigenvalue weighted by Crippen LogP contribution is -2.42. The molecule has 2 fully saturated rings. The molecule has 11 heteroatoms. The Balaban J connectivity index is 0.000000330. The van der Waals surface area contributed by atoms with Crippen LogP contribution in [0.5, 0.6) is 0 Å². The first-order chi connectivity index (χ1) is 18.9. The van der Waals surface area contributed by atoms with Gasteiger partial charge in [0.1, 0.15) is 11.2 Å². The number of aliphatic hydroxyl groups is 1. The molecular formula is C27H44N2O8S. The Kier molecular flexibility index (Phi) is 8.94. The fraction of sp³-hybridized carbons (Fsp3) is 0.704. The molecule has 0 aliphatic carbocycles. The predicted molar refractivity (Wildman–Crippen MR) is 143 cm³/mol. The molecule has 0 saturated carbocycles. The van der Waals surface area contributed by atoms with E-state index in [4.69, 9.17) is 19.1 Å². The Morgan fingerprint density at radius 3 is 1.82 bits per heavy atom. The van der Waals surface area contributed by atoms with E-state index in [-0.39, 0.29) is 17.9 Å². The van der Waals surface area contributed by atoms with Gasteiger partial charge in [-0.05, 0) is 86.3 Å². The molecule has 0 unspecified atom stereocenters. The first-order valence-corrected chi connectivity index (χ1v) is 14.1. The average Bonchev–Trinajstić information content (AvgIpc) is 3.47. The van der Waals surface area contributed by atoms with Gasteiger partial charge in [0.25, 0.3) is 10.1 Å². The third kappa shape index (κ3) is 10.1. The van der Waals surface area contributed by atoms with Gasteiger partial charge in [-0.2, -0.15) is 8.42 Å². The van der Waals surface area contributed by atoms with E-state index >= 15 is 0 Å². The van der Waals surface area contributed by atoms with Crippen LogP contribution in [0.25, 0.3) is 0 Å². The zero-order chi connectivity index (χ0) is 32.3. The molecule has 10 nitrogen and oxygen atoms in total. The smallest absolute Gasteiger partial charge is 0.410 e. The molecule has 216 valence electrons. The lowest BCUT2D eigenvalue weighted by Gasteiger charge is -2.28. The third-order valence-electron chi connectivity index (χ3n) is 5.51. The summed E-state index contributed by atoms with van der Waals surface area (Å²) in [7, 11) is -4.31. The summed E-state index contributed by atoms with van der Waals surface area (Å²) in [5.41, 5.74) is -0.461. The molecule has 1 aromatic carbocycles. The second-order valence-corrected chi connectivity index (χ2v) is 12.8. The molecule has 2 atom stereocenters. The van der Waals surface area contributed by atoms with Gasteiger partial charge in [0.15, 0.2) is 0 Å². The average molecular weight is 561 g/mol. The van der Waals surface area contributed by atoms with Gasteiger partial charge in [-0.25, -0.2) is 9.59 Å². The number of amides is 2. The van der Waals surface area contributed by atoms with Gasteiger partial charge in [-0.15, -0.1) is 0 Å². The minimum absolute atomic E-state index is 0.131. The van der Waals surface area contributed by atoms with Crippen molar-refractivity contribution in [3.63, 3.8) is 0 Å². The molecule has 2 aliphatic rings. The van der Waals surface area contributed by atoms with Crippen LogP contribution in [0.15, 0.2) is 29.2 Å². The molecule has 38 heavy (non-hydrogen) atoms. The number of carbonyl (C=O) groups excluding carboxylic acids is 2. The normalized spacial score (nSPS) is 22.4. The quantitative estimate of drug-likeness (QED) is 0.523. The predicted octanol–water partition coefficient (Wildman–Crippen LogP) is 4.48. The van der Waals surface area contributed by atoms with Crippen molar-refractivity contribution in [3.8, 4) is 0 Å². The fourth-order valence-corrected chi connectivity index (χ4v) is 4.54. The van der Waals surface area contributed by atoms with E-state index in [0.29, 0.717) is 25.8 Å². The zero-order valence-corrected chi connectivity index (χ0v) is 24.1. The monoisotopic (exact) mass is 560 g/mol. The molecule has 2 saturated heterocycles. The second-order valence-electron chi connectivity index (χ2n) is 11.3. The van der Waals surface area contributed by atoms with Crippen LogP contribution in [0.3, 0.4) is 0 Å². The van der Waals surface area contributed by atoms with Crippen molar-refractivity contribution < 1.29 is 42.3 Å². The second kappa shape index (κ2) is 13.1. The van der Waals surface area contributed by atoms with Gasteiger partial charge in [0.05, 0.1) is 35.6 Å². The number of carbonyl (C=O) groups is 2. The molecule has 1 N–H and O–H groups in total. The summed E-state index contributed by atoms with van der Waals surface area (Å²) in [5.74, 6) is 0. The highest BCUT2D eigenvalue weighted by molar-refractivity contribution is 7.86. The Hall–Kier alpha value is -2.37. The van der Waals surface area contributed by atoms with Crippen molar-refractivity contribution in [1.29, 1.82) is 0 Å². The highest BCUT2D eigenvalue weighted by Gasteiger charge is 2.34. The van der Waals surface area contributed by atoms with Crippen LogP contribution in [-0.2, 0) is 23.8 Å². The van der Waals surface area contributed by atoms with Crippen molar-refractivity contribution in [2.24, 2.45) is 0 Å². The molecule has 0 radical (unpaired) electrons. The summed E-state index contributed by atoms with van der Waals surface area (Å²) in [6.45, 7) is 7.98. The standard InChI is InChI=1S/C17H25NO5S.C10H19NO3/c1-13-7-9-15(10-8-13)24(20,21)22-12-14-6-5-11-18(14)16(19)23-17(2,3)4;1-10(2,3)14-9(13)11-6-4-5-8(11)7-12/h7-10,14H,5-6,11-12H2,1-4H3;8,12H,4-7H2,1-3H3/t14-;8-/m11/s1/i12D2;7D2. The van der Waals surface area contributed by atoms with E-state index in [0.717, 1.165) is 5.56 Å². The van der Waals surface area contributed by atoms with Crippen molar-refractivity contribution in [3.05, 3.63) is 29.8 Å². The number of hydrogen-bond donors (Lipinski definition) is 1. The van der Waals surface area contributed by atoms with Crippen molar-refractivity contribution >= 4 is 22.3 Å². The SMILES string of the molecule is [2H]C([2H])(O)[C@H]1CCCN1C(=O)OC(C)(C)C.[2H]C([2H])(OS(=O)(=O)c1ccc(C)cc1)[C@H]1CCCN1C(=O)OC(C)(C)C. The van der Waals surface area contributed by atoms with Crippen LogP contribution in [-0.4, -0.2) is 85.0 Å². The number of hydrogen-bond acceptors (Lipinski definition) is 8. The maximum absolute atomic E-state index is 12.4. The summed E-state index contributed by atoms with van der Waals surface area (Å²) in [5, 5.41) is 9.32. The summed E-state index contributed by atoms with van der Waals surface area (Å²) in [6.07, 6.45) is 0.729. The summed E-state index contributed by atoms with van der Waals surface area (Å²) < 4.78 is 71.0. The highest BCUT2D eigenvalue weighted by Crippen LogP contribution is 2.23. The molecule has 2 aliphatic heterocycles. The number of likely N-dealkylation sites (tertiary alicyclic amines) is 2. The van der Waals surface area contributed by atoms with Crippen LogP contribution in [0.4, 0.5) is 9.59 Å². The molecule has 0 bridgehead atoms.